The molecule has 0 atom stereocenters. The summed E-state index contributed by atoms with van der Waals surface area (Å²) in [4.78, 5) is 9.33. The summed E-state index contributed by atoms with van der Waals surface area (Å²) >= 11 is 0. The van der Waals surface area contributed by atoms with Crippen LogP contribution in [-0.2, 0) is 0 Å². The summed E-state index contributed by atoms with van der Waals surface area (Å²) in [6.07, 6.45) is 4.01. The van der Waals surface area contributed by atoms with Crippen LogP contribution in [-0.4, -0.2) is 9.97 Å². The van der Waals surface area contributed by atoms with Crippen molar-refractivity contribution >= 4 is 33.8 Å². The molecule has 110 valence electrons. The van der Waals surface area contributed by atoms with Crippen LogP contribution in [0, 0.1) is 6.92 Å². The lowest BCUT2D eigenvalue weighted by molar-refractivity contribution is 1.13. The fourth-order valence-corrected chi connectivity index (χ4v) is 2.80. The summed E-state index contributed by atoms with van der Waals surface area (Å²) in [5.74, 6) is 0.745. The van der Waals surface area contributed by atoms with Crippen molar-refractivity contribution in [2.75, 3.05) is 0 Å². The Labute approximate surface area is 135 Å². The predicted octanol–water partition coefficient (Wildman–Crippen LogP) is 5.26. The molecule has 1 aromatic heterocycles. The van der Waals surface area contributed by atoms with Gasteiger partial charge in [-0.1, -0.05) is 60.7 Å². The van der Waals surface area contributed by atoms with Gasteiger partial charge in [-0.2, -0.15) is 0 Å². The maximum absolute atomic E-state index is 4.70. The summed E-state index contributed by atoms with van der Waals surface area (Å²) in [6, 6.07) is 22.9. The standard InChI is InChI=1S/C21H16N2/c1-15-19-13-17-9-5-6-10-18(17)14-20(19)23-21(22-15)12-11-16-7-3-2-4-8-16/h2-14H,1H3. The van der Waals surface area contributed by atoms with Crippen LogP contribution >= 0.6 is 0 Å². The highest BCUT2D eigenvalue weighted by atomic mass is 14.9. The number of aryl methyl sites for hydroxylation is 1. The molecule has 23 heavy (non-hydrogen) atoms. The number of hydrogen-bond acceptors (Lipinski definition) is 2. The predicted molar refractivity (Wildman–Crippen MR) is 97.2 cm³/mol. The molecule has 0 aliphatic heterocycles. The summed E-state index contributed by atoms with van der Waals surface area (Å²) in [7, 11) is 0. The van der Waals surface area contributed by atoms with Crippen LogP contribution in [0.2, 0.25) is 0 Å². The van der Waals surface area contributed by atoms with E-state index < -0.39 is 0 Å². The molecule has 3 aromatic carbocycles. The van der Waals surface area contributed by atoms with Gasteiger partial charge >= 0.3 is 0 Å². The maximum Gasteiger partial charge on any atom is 0.152 e. The van der Waals surface area contributed by atoms with Crippen molar-refractivity contribution in [1.29, 1.82) is 0 Å². The van der Waals surface area contributed by atoms with E-state index in [1.165, 1.54) is 10.8 Å². The molecule has 0 aliphatic carbocycles. The molecule has 0 bridgehead atoms. The van der Waals surface area contributed by atoms with Crippen LogP contribution in [0.1, 0.15) is 17.1 Å². The van der Waals surface area contributed by atoms with Gasteiger partial charge in [-0.05, 0) is 41.5 Å². The molecule has 0 spiro atoms. The number of aromatic nitrogens is 2. The zero-order chi connectivity index (χ0) is 15.6. The third kappa shape index (κ3) is 2.71. The van der Waals surface area contributed by atoms with Crippen molar-refractivity contribution in [2.24, 2.45) is 0 Å². The molecule has 0 radical (unpaired) electrons. The summed E-state index contributed by atoms with van der Waals surface area (Å²) < 4.78 is 0. The van der Waals surface area contributed by atoms with Gasteiger partial charge in [0.25, 0.3) is 0 Å². The van der Waals surface area contributed by atoms with Crippen molar-refractivity contribution in [3.05, 3.63) is 83.8 Å². The van der Waals surface area contributed by atoms with Crippen LogP contribution in [0.15, 0.2) is 66.7 Å². The lowest BCUT2D eigenvalue weighted by Crippen LogP contribution is -1.93. The third-order valence-corrected chi connectivity index (χ3v) is 4.00. The fraction of sp³-hybridized carbons (Fsp3) is 0.0476. The van der Waals surface area contributed by atoms with Gasteiger partial charge in [-0.15, -0.1) is 0 Å². The van der Waals surface area contributed by atoms with Gasteiger partial charge in [-0.25, -0.2) is 9.97 Å². The summed E-state index contributed by atoms with van der Waals surface area (Å²) in [5, 5.41) is 3.54. The Morgan fingerprint density at radius 2 is 1.43 bits per heavy atom. The van der Waals surface area contributed by atoms with E-state index in [0.717, 1.165) is 28.0 Å². The minimum atomic E-state index is 0.745. The first-order chi connectivity index (χ1) is 11.3. The van der Waals surface area contributed by atoms with Crippen molar-refractivity contribution < 1.29 is 0 Å². The summed E-state index contributed by atoms with van der Waals surface area (Å²) in [6.45, 7) is 2.04. The second kappa shape index (κ2) is 5.65. The Morgan fingerprint density at radius 1 is 0.739 bits per heavy atom. The molecule has 0 saturated carbocycles. The first-order valence-corrected chi connectivity index (χ1v) is 7.70. The monoisotopic (exact) mass is 296 g/mol. The Bertz CT molecular complexity index is 1020. The molecule has 0 unspecified atom stereocenters. The number of benzene rings is 3. The first-order valence-electron chi connectivity index (χ1n) is 7.70. The van der Waals surface area contributed by atoms with E-state index in [-0.39, 0.29) is 0 Å². The third-order valence-electron chi connectivity index (χ3n) is 4.00. The number of hydrogen-bond donors (Lipinski definition) is 0. The van der Waals surface area contributed by atoms with Crippen molar-refractivity contribution in [2.45, 2.75) is 6.92 Å². The fourth-order valence-electron chi connectivity index (χ4n) is 2.80. The Morgan fingerprint density at radius 3 is 2.22 bits per heavy atom. The molecule has 2 nitrogen and oxygen atoms in total. The normalized spacial score (nSPS) is 11.5. The van der Waals surface area contributed by atoms with E-state index in [1.54, 1.807) is 0 Å². The van der Waals surface area contributed by atoms with E-state index >= 15 is 0 Å². The molecule has 0 N–H and O–H groups in total. The SMILES string of the molecule is Cc1nc(C=Cc2ccccc2)nc2cc3ccccc3cc12. The number of nitrogens with zero attached hydrogens (tertiary/aromatic N) is 2. The second-order valence-electron chi connectivity index (χ2n) is 5.63. The largest absolute Gasteiger partial charge is 0.233 e. The molecule has 0 fully saturated rings. The van der Waals surface area contributed by atoms with Crippen molar-refractivity contribution in [1.82, 2.24) is 9.97 Å². The Kier molecular flexibility index (Phi) is 3.35. The van der Waals surface area contributed by atoms with Gasteiger partial charge in [0.1, 0.15) is 0 Å². The molecule has 4 rings (SSSR count). The second-order valence-corrected chi connectivity index (χ2v) is 5.63. The quantitative estimate of drug-likeness (QED) is 0.471. The van der Waals surface area contributed by atoms with Crippen molar-refractivity contribution in [3.63, 3.8) is 0 Å². The van der Waals surface area contributed by atoms with Crippen LogP contribution in [0.25, 0.3) is 33.8 Å². The highest BCUT2D eigenvalue weighted by Crippen LogP contribution is 2.23. The number of rotatable bonds is 2. The van der Waals surface area contributed by atoms with Gasteiger partial charge in [0.15, 0.2) is 5.82 Å². The number of fused-ring (bicyclic) bond motifs is 2. The van der Waals surface area contributed by atoms with E-state index in [1.807, 2.05) is 37.3 Å². The highest BCUT2D eigenvalue weighted by molar-refractivity contribution is 5.97. The zero-order valence-electron chi connectivity index (χ0n) is 12.9. The van der Waals surface area contributed by atoms with Crippen LogP contribution in [0.3, 0.4) is 0 Å². The molecule has 0 saturated heterocycles. The zero-order valence-corrected chi connectivity index (χ0v) is 12.9. The van der Waals surface area contributed by atoms with E-state index in [4.69, 9.17) is 4.98 Å². The van der Waals surface area contributed by atoms with E-state index in [0.29, 0.717) is 0 Å². The minimum Gasteiger partial charge on any atom is -0.233 e. The minimum absolute atomic E-state index is 0.745. The van der Waals surface area contributed by atoms with Gasteiger partial charge in [0.2, 0.25) is 0 Å². The van der Waals surface area contributed by atoms with Crippen molar-refractivity contribution in [3.8, 4) is 0 Å². The first kappa shape index (κ1) is 13.6. The Balaban J connectivity index is 1.82. The van der Waals surface area contributed by atoms with E-state index in [9.17, 15) is 0 Å². The summed E-state index contributed by atoms with van der Waals surface area (Å²) in [5.41, 5.74) is 3.14. The van der Waals surface area contributed by atoms with Gasteiger partial charge < -0.3 is 0 Å². The van der Waals surface area contributed by atoms with Crippen LogP contribution < -0.4 is 0 Å². The van der Waals surface area contributed by atoms with Gasteiger partial charge in [-0.3, -0.25) is 0 Å². The molecule has 0 amide bonds. The van der Waals surface area contributed by atoms with Gasteiger partial charge in [0.05, 0.1) is 5.52 Å². The van der Waals surface area contributed by atoms with Gasteiger partial charge in [0, 0.05) is 11.1 Å². The maximum atomic E-state index is 4.70. The molecule has 1 heterocycles. The Hall–Kier alpha value is -3.00. The smallest absolute Gasteiger partial charge is 0.152 e. The topological polar surface area (TPSA) is 25.8 Å². The lowest BCUT2D eigenvalue weighted by Gasteiger charge is -2.05. The molecule has 0 aliphatic rings. The van der Waals surface area contributed by atoms with Crippen LogP contribution in [0.4, 0.5) is 0 Å². The lowest BCUT2D eigenvalue weighted by atomic mass is 10.1. The average Bonchev–Trinajstić information content (AvgIpc) is 2.59. The molecular weight excluding hydrogens is 280 g/mol. The molecule has 2 heteroatoms. The van der Waals surface area contributed by atoms with E-state index in [2.05, 4.69) is 53.5 Å². The highest BCUT2D eigenvalue weighted by Gasteiger charge is 2.04. The average molecular weight is 296 g/mol. The molecule has 4 aromatic rings. The van der Waals surface area contributed by atoms with Crippen LogP contribution in [0.5, 0.6) is 0 Å². The molecular formula is C21H16N2.